The molecule has 1 unspecified atom stereocenters. The number of hydrogen-bond acceptors (Lipinski definition) is 4. The zero-order chi connectivity index (χ0) is 15.8. The molecule has 1 rings (SSSR count). The molecule has 2 amide bonds. The summed E-state index contributed by atoms with van der Waals surface area (Å²) in [5.74, 6) is -1.10. The normalized spacial score (nSPS) is 11.5. The topological polar surface area (TPSA) is 122 Å². The Morgan fingerprint density at radius 3 is 2.43 bits per heavy atom. The molecule has 0 bridgehead atoms. The van der Waals surface area contributed by atoms with E-state index >= 15 is 0 Å². The van der Waals surface area contributed by atoms with E-state index in [1.807, 2.05) is 6.92 Å². The van der Waals surface area contributed by atoms with Gasteiger partial charge >= 0.3 is 12.0 Å². The van der Waals surface area contributed by atoms with Gasteiger partial charge in [0.15, 0.2) is 0 Å². The highest BCUT2D eigenvalue weighted by atomic mass is 16.6. The predicted molar refractivity (Wildman–Crippen MR) is 76.2 cm³/mol. The van der Waals surface area contributed by atoms with E-state index in [9.17, 15) is 19.7 Å². The van der Waals surface area contributed by atoms with E-state index in [1.54, 1.807) is 0 Å². The molecule has 0 radical (unpaired) electrons. The third kappa shape index (κ3) is 5.47. The standard InChI is InChI=1S/C13H17N3O5/c1-2-3-4-11(12(17)18)15-13(19)14-9-5-7-10(8-6-9)16(20)21/h5-8,11H,2-4H2,1H3,(H,17,18)(H2,14,15,19). The summed E-state index contributed by atoms with van der Waals surface area (Å²) in [6.45, 7) is 1.93. The number of carbonyl (C=O) groups is 2. The number of benzene rings is 1. The largest absolute Gasteiger partial charge is 0.480 e. The van der Waals surface area contributed by atoms with Gasteiger partial charge in [-0.15, -0.1) is 0 Å². The summed E-state index contributed by atoms with van der Waals surface area (Å²) in [4.78, 5) is 32.6. The fraction of sp³-hybridized carbons (Fsp3) is 0.385. The number of anilines is 1. The van der Waals surface area contributed by atoms with Gasteiger partial charge in [0.1, 0.15) is 6.04 Å². The fourth-order valence-corrected chi connectivity index (χ4v) is 1.66. The van der Waals surface area contributed by atoms with Gasteiger partial charge in [-0.3, -0.25) is 10.1 Å². The minimum atomic E-state index is -1.10. The van der Waals surface area contributed by atoms with Crippen molar-refractivity contribution in [3.63, 3.8) is 0 Å². The first-order valence-corrected chi connectivity index (χ1v) is 6.48. The molecular weight excluding hydrogens is 278 g/mol. The molecule has 8 heteroatoms. The molecule has 0 aliphatic rings. The number of nitro groups is 1. The van der Waals surface area contributed by atoms with Gasteiger partial charge in [0.2, 0.25) is 0 Å². The quantitative estimate of drug-likeness (QED) is 0.526. The second-order valence-electron chi connectivity index (χ2n) is 4.44. The Morgan fingerprint density at radius 1 is 1.33 bits per heavy atom. The van der Waals surface area contributed by atoms with Crippen LogP contribution in [0.2, 0.25) is 0 Å². The molecule has 1 atom stereocenters. The van der Waals surface area contributed by atoms with Gasteiger partial charge in [-0.25, -0.2) is 9.59 Å². The average Bonchev–Trinajstić information content (AvgIpc) is 2.43. The summed E-state index contributed by atoms with van der Waals surface area (Å²) in [5.41, 5.74) is 0.255. The molecular formula is C13H17N3O5. The van der Waals surface area contributed by atoms with Crippen molar-refractivity contribution in [1.82, 2.24) is 5.32 Å². The smallest absolute Gasteiger partial charge is 0.326 e. The van der Waals surface area contributed by atoms with Crippen molar-refractivity contribution in [2.75, 3.05) is 5.32 Å². The Bertz CT molecular complexity index is 515. The molecule has 114 valence electrons. The lowest BCUT2D eigenvalue weighted by Crippen LogP contribution is -2.42. The van der Waals surface area contributed by atoms with Crippen LogP contribution < -0.4 is 10.6 Å². The van der Waals surface area contributed by atoms with Crippen LogP contribution in [0, 0.1) is 10.1 Å². The number of carboxylic acids is 1. The number of nitrogens with zero attached hydrogens (tertiary/aromatic N) is 1. The van der Waals surface area contributed by atoms with Crippen LogP contribution in [-0.4, -0.2) is 28.1 Å². The third-order valence-corrected chi connectivity index (χ3v) is 2.79. The Hall–Kier alpha value is -2.64. The zero-order valence-electron chi connectivity index (χ0n) is 11.5. The van der Waals surface area contributed by atoms with Crippen LogP contribution in [0.25, 0.3) is 0 Å². The van der Waals surface area contributed by atoms with Gasteiger partial charge in [-0.1, -0.05) is 19.8 Å². The summed E-state index contributed by atoms with van der Waals surface area (Å²) in [5, 5.41) is 24.3. The number of carbonyl (C=O) groups excluding carboxylic acids is 1. The third-order valence-electron chi connectivity index (χ3n) is 2.79. The molecule has 21 heavy (non-hydrogen) atoms. The van der Waals surface area contributed by atoms with Crippen LogP contribution in [0.3, 0.4) is 0 Å². The van der Waals surface area contributed by atoms with Crippen LogP contribution in [0.4, 0.5) is 16.2 Å². The van der Waals surface area contributed by atoms with E-state index in [0.29, 0.717) is 18.5 Å². The molecule has 0 saturated carbocycles. The van der Waals surface area contributed by atoms with E-state index in [0.717, 1.165) is 6.42 Å². The first-order chi connectivity index (χ1) is 9.93. The fourth-order valence-electron chi connectivity index (χ4n) is 1.66. The molecule has 0 heterocycles. The van der Waals surface area contributed by atoms with E-state index in [2.05, 4.69) is 10.6 Å². The second kappa shape index (κ2) is 7.83. The summed E-state index contributed by atoms with van der Waals surface area (Å²) in [6, 6.07) is 3.64. The van der Waals surface area contributed by atoms with Gasteiger partial charge in [0.25, 0.3) is 5.69 Å². The predicted octanol–water partition coefficient (Wildman–Crippen LogP) is 2.36. The molecule has 8 nitrogen and oxygen atoms in total. The lowest BCUT2D eigenvalue weighted by Gasteiger charge is -2.14. The Balaban J connectivity index is 2.59. The average molecular weight is 295 g/mol. The maximum absolute atomic E-state index is 11.7. The highest BCUT2D eigenvalue weighted by molar-refractivity contribution is 5.92. The summed E-state index contributed by atoms with van der Waals surface area (Å²) >= 11 is 0. The van der Waals surface area contributed by atoms with Crippen LogP contribution in [0.15, 0.2) is 24.3 Å². The molecule has 0 fully saturated rings. The Morgan fingerprint density at radius 2 is 1.95 bits per heavy atom. The first kappa shape index (κ1) is 16.4. The number of aliphatic carboxylic acids is 1. The maximum Gasteiger partial charge on any atom is 0.326 e. The van der Waals surface area contributed by atoms with E-state index < -0.39 is 23.0 Å². The number of nitrogens with one attached hydrogen (secondary N) is 2. The van der Waals surface area contributed by atoms with Gasteiger partial charge in [0.05, 0.1) is 4.92 Å². The number of carboxylic acid groups (broad SMARTS) is 1. The lowest BCUT2D eigenvalue weighted by atomic mass is 10.1. The Kier molecular flexibility index (Phi) is 6.12. The monoisotopic (exact) mass is 295 g/mol. The highest BCUT2D eigenvalue weighted by Crippen LogP contribution is 2.15. The maximum atomic E-state index is 11.7. The van der Waals surface area contributed by atoms with Crippen molar-refractivity contribution in [2.45, 2.75) is 32.2 Å². The number of hydrogen-bond donors (Lipinski definition) is 3. The van der Waals surface area contributed by atoms with E-state index in [-0.39, 0.29) is 5.69 Å². The molecule has 0 saturated heterocycles. The second-order valence-corrected chi connectivity index (χ2v) is 4.44. The minimum absolute atomic E-state index is 0.0904. The van der Waals surface area contributed by atoms with Crippen molar-refractivity contribution >= 4 is 23.4 Å². The van der Waals surface area contributed by atoms with E-state index in [4.69, 9.17) is 5.11 Å². The summed E-state index contributed by atoms with van der Waals surface area (Å²) in [6.07, 6.45) is 1.86. The molecule has 0 aromatic heterocycles. The molecule has 1 aromatic rings. The summed E-state index contributed by atoms with van der Waals surface area (Å²) in [7, 11) is 0. The first-order valence-electron chi connectivity index (χ1n) is 6.48. The lowest BCUT2D eigenvalue weighted by molar-refractivity contribution is -0.384. The molecule has 0 aliphatic heterocycles. The Labute approximate surface area is 121 Å². The molecule has 3 N–H and O–H groups in total. The number of rotatable bonds is 7. The molecule has 0 spiro atoms. The number of amides is 2. The van der Waals surface area contributed by atoms with Gasteiger partial charge in [-0.2, -0.15) is 0 Å². The van der Waals surface area contributed by atoms with E-state index in [1.165, 1.54) is 24.3 Å². The molecule has 0 aliphatic carbocycles. The van der Waals surface area contributed by atoms with Gasteiger partial charge in [0, 0.05) is 17.8 Å². The van der Waals surface area contributed by atoms with Crippen molar-refractivity contribution < 1.29 is 19.6 Å². The molecule has 1 aromatic carbocycles. The number of unbranched alkanes of at least 4 members (excludes halogenated alkanes) is 1. The van der Waals surface area contributed by atoms with Crippen molar-refractivity contribution in [1.29, 1.82) is 0 Å². The number of non-ortho nitro benzene ring substituents is 1. The van der Waals surface area contributed by atoms with Crippen LogP contribution >= 0.6 is 0 Å². The van der Waals surface area contributed by atoms with Crippen molar-refractivity contribution in [3.8, 4) is 0 Å². The summed E-state index contributed by atoms with van der Waals surface area (Å²) < 4.78 is 0. The number of nitro benzene ring substituents is 1. The zero-order valence-corrected chi connectivity index (χ0v) is 11.5. The minimum Gasteiger partial charge on any atom is -0.480 e. The SMILES string of the molecule is CCCCC(NC(=O)Nc1ccc([N+](=O)[O-])cc1)C(=O)O. The van der Waals surface area contributed by atoms with Crippen LogP contribution in [-0.2, 0) is 4.79 Å². The van der Waals surface area contributed by atoms with Gasteiger partial charge < -0.3 is 15.7 Å². The van der Waals surface area contributed by atoms with Crippen LogP contribution in [0.1, 0.15) is 26.2 Å². The van der Waals surface area contributed by atoms with Gasteiger partial charge in [-0.05, 0) is 18.6 Å². The van der Waals surface area contributed by atoms with Crippen molar-refractivity contribution in [2.24, 2.45) is 0 Å². The highest BCUT2D eigenvalue weighted by Gasteiger charge is 2.19. The van der Waals surface area contributed by atoms with Crippen LogP contribution in [0.5, 0.6) is 0 Å². The van der Waals surface area contributed by atoms with Crippen molar-refractivity contribution in [3.05, 3.63) is 34.4 Å². The number of urea groups is 1.